The Bertz CT molecular complexity index is 858. The summed E-state index contributed by atoms with van der Waals surface area (Å²) in [6.07, 6.45) is 1.00. The van der Waals surface area contributed by atoms with E-state index in [2.05, 4.69) is 51.6 Å². The topological polar surface area (TPSA) is 62.5 Å². The number of fused-ring (bicyclic) bond motifs is 1. The first-order valence-electron chi connectivity index (χ1n) is 7.96. The molecule has 0 saturated carbocycles. The third-order valence-corrected chi connectivity index (χ3v) is 4.53. The first-order valence-corrected chi connectivity index (χ1v) is 8.77. The molecule has 1 N–H and O–H groups in total. The largest absolute Gasteiger partial charge is 0.360 e. The van der Waals surface area contributed by atoms with Crippen molar-refractivity contribution in [1.29, 1.82) is 0 Å². The van der Waals surface area contributed by atoms with Gasteiger partial charge in [0.1, 0.15) is 0 Å². The Balaban J connectivity index is 1.48. The summed E-state index contributed by atoms with van der Waals surface area (Å²) in [6, 6.07) is 11.9. The highest BCUT2D eigenvalue weighted by Gasteiger charge is 2.07. The molecule has 126 valence electrons. The minimum absolute atomic E-state index is 0.135. The van der Waals surface area contributed by atoms with E-state index in [-0.39, 0.29) is 5.56 Å². The Morgan fingerprint density at radius 3 is 2.88 bits per heavy atom. The second kappa shape index (κ2) is 7.55. The van der Waals surface area contributed by atoms with Crippen LogP contribution >= 0.6 is 11.3 Å². The Kier molecular flexibility index (Phi) is 5.22. The van der Waals surface area contributed by atoms with Crippen molar-refractivity contribution in [1.82, 2.24) is 19.5 Å². The second-order valence-electron chi connectivity index (χ2n) is 5.84. The van der Waals surface area contributed by atoms with Gasteiger partial charge in [0.2, 0.25) is 10.1 Å². The maximum Gasteiger partial charge on any atom is 0.275 e. The normalized spacial score (nSPS) is 11.3. The molecule has 0 fully saturated rings. The number of rotatable bonds is 7. The van der Waals surface area contributed by atoms with Crippen LogP contribution in [0.3, 0.4) is 0 Å². The molecule has 0 aliphatic rings. The van der Waals surface area contributed by atoms with E-state index in [0.717, 1.165) is 36.9 Å². The predicted octanol–water partition coefficient (Wildman–Crippen LogP) is 2.39. The molecule has 0 radical (unpaired) electrons. The summed E-state index contributed by atoms with van der Waals surface area (Å²) < 4.78 is 1.35. The van der Waals surface area contributed by atoms with Gasteiger partial charge in [-0.2, -0.15) is 4.52 Å². The average Bonchev–Trinajstić information content (AvgIpc) is 2.96. The van der Waals surface area contributed by atoms with Gasteiger partial charge in [-0.3, -0.25) is 4.79 Å². The van der Waals surface area contributed by atoms with Crippen molar-refractivity contribution in [2.24, 2.45) is 0 Å². The lowest BCUT2D eigenvalue weighted by atomic mass is 10.2. The zero-order valence-corrected chi connectivity index (χ0v) is 14.7. The molecule has 6 nitrogen and oxygen atoms in total. The summed E-state index contributed by atoms with van der Waals surface area (Å²) >= 11 is 1.40. The number of aryl methyl sites for hydroxylation is 1. The molecule has 0 bridgehead atoms. The molecule has 3 rings (SSSR count). The second-order valence-corrected chi connectivity index (χ2v) is 6.80. The Morgan fingerprint density at radius 2 is 2.08 bits per heavy atom. The van der Waals surface area contributed by atoms with E-state index in [1.807, 2.05) is 13.0 Å². The fourth-order valence-corrected chi connectivity index (χ4v) is 3.39. The maximum atomic E-state index is 11.8. The lowest BCUT2D eigenvalue weighted by Gasteiger charge is -2.16. The number of hydrogen-bond donors (Lipinski definition) is 1. The van der Waals surface area contributed by atoms with E-state index in [1.165, 1.54) is 27.5 Å². The van der Waals surface area contributed by atoms with Gasteiger partial charge in [0.05, 0.1) is 0 Å². The Hall–Kier alpha value is -2.25. The molecular weight excluding hydrogens is 322 g/mol. The molecule has 7 heteroatoms. The SMILES string of the molecule is Cc1cc(=O)n2nc(NCCCN(C)Cc3ccccc3)sc2n1. The summed E-state index contributed by atoms with van der Waals surface area (Å²) in [4.78, 5) is 19.1. The lowest BCUT2D eigenvalue weighted by molar-refractivity contribution is 0.325. The van der Waals surface area contributed by atoms with Gasteiger partial charge in [-0.25, -0.2) is 4.98 Å². The molecule has 0 atom stereocenters. The molecule has 0 spiro atoms. The van der Waals surface area contributed by atoms with Gasteiger partial charge in [0, 0.05) is 24.8 Å². The summed E-state index contributed by atoms with van der Waals surface area (Å²) in [5.41, 5.74) is 1.90. The van der Waals surface area contributed by atoms with Crippen LogP contribution in [-0.2, 0) is 6.54 Å². The van der Waals surface area contributed by atoms with Crippen LogP contribution in [-0.4, -0.2) is 39.6 Å². The molecule has 24 heavy (non-hydrogen) atoms. The van der Waals surface area contributed by atoms with E-state index in [9.17, 15) is 4.79 Å². The van der Waals surface area contributed by atoms with Crippen molar-refractivity contribution in [2.75, 3.05) is 25.5 Å². The van der Waals surface area contributed by atoms with Gasteiger partial charge >= 0.3 is 0 Å². The van der Waals surface area contributed by atoms with Crippen LogP contribution in [0.5, 0.6) is 0 Å². The van der Waals surface area contributed by atoms with E-state index in [1.54, 1.807) is 0 Å². The predicted molar refractivity (Wildman–Crippen MR) is 97.8 cm³/mol. The standard InChI is InChI=1S/C17H21N5OS/c1-13-11-15(23)22-17(19-13)24-16(20-22)18-9-6-10-21(2)12-14-7-4-3-5-8-14/h3-5,7-8,11H,6,9-10,12H2,1-2H3,(H,18,20). The third kappa shape index (κ3) is 4.18. The van der Waals surface area contributed by atoms with Gasteiger partial charge in [-0.15, -0.1) is 5.10 Å². The summed E-state index contributed by atoms with van der Waals surface area (Å²) in [6.45, 7) is 4.56. The maximum absolute atomic E-state index is 11.8. The molecule has 3 aromatic rings. The number of benzene rings is 1. The molecule has 0 aliphatic heterocycles. The first kappa shape index (κ1) is 16.6. The van der Waals surface area contributed by atoms with Gasteiger partial charge < -0.3 is 10.2 Å². The Morgan fingerprint density at radius 1 is 1.29 bits per heavy atom. The number of nitrogens with one attached hydrogen (secondary N) is 1. The van der Waals surface area contributed by atoms with Crippen LogP contribution in [0.1, 0.15) is 17.7 Å². The monoisotopic (exact) mass is 343 g/mol. The van der Waals surface area contributed by atoms with Crippen LogP contribution in [0, 0.1) is 6.92 Å². The first-order chi connectivity index (χ1) is 11.6. The smallest absolute Gasteiger partial charge is 0.275 e. The number of hydrogen-bond acceptors (Lipinski definition) is 6. The van der Waals surface area contributed by atoms with Crippen LogP contribution in [0.4, 0.5) is 5.13 Å². The fraction of sp³-hybridized carbons (Fsp3) is 0.353. The van der Waals surface area contributed by atoms with Gasteiger partial charge in [-0.1, -0.05) is 41.7 Å². The van der Waals surface area contributed by atoms with Crippen molar-refractivity contribution in [3.8, 4) is 0 Å². The molecule has 0 saturated heterocycles. The van der Waals surface area contributed by atoms with Gasteiger partial charge in [0.25, 0.3) is 5.56 Å². The lowest BCUT2D eigenvalue weighted by Crippen LogP contribution is -2.21. The van der Waals surface area contributed by atoms with Crippen LogP contribution in [0.15, 0.2) is 41.2 Å². The van der Waals surface area contributed by atoms with Crippen molar-refractivity contribution >= 4 is 21.4 Å². The molecule has 0 amide bonds. The highest BCUT2D eigenvalue weighted by atomic mass is 32.1. The quantitative estimate of drug-likeness (QED) is 0.668. The van der Waals surface area contributed by atoms with Crippen molar-refractivity contribution < 1.29 is 0 Å². The van der Waals surface area contributed by atoms with E-state index >= 15 is 0 Å². The molecule has 0 aliphatic carbocycles. The van der Waals surface area contributed by atoms with Crippen molar-refractivity contribution in [3.63, 3.8) is 0 Å². The molecule has 1 aromatic carbocycles. The van der Waals surface area contributed by atoms with Crippen molar-refractivity contribution in [2.45, 2.75) is 19.9 Å². The number of nitrogens with zero attached hydrogens (tertiary/aromatic N) is 4. The number of anilines is 1. The minimum Gasteiger partial charge on any atom is -0.360 e. The molecule has 2 aromatic heterocycles. The zero-order chi connectivity index (χ0) is 16.9. The molecule has 0 unspecified atom stereocenters. The average molecular weight is 343 g/mol. The van der Waals surface area contributed by atoms with E-state index < -0.39 is 0 Å². The van der Waals surface area contributed by atoms with Gasteiger partial charge in [-0.05, 0) is 32.5 Å². The highest BCUT2D eigenvalue weighted by molar-refractivity contribution is 7.20. The van der Waals surface area contributed by atoms with E-state index in [0.29, 0.717) is 4.96 Å². The van der Waals surface area contributed by atoms with Gasteiger partial charge in [0.15, 0.2) is 0 Å². The van der Waals surface area contributed by atoms with Crippen LogP contribution < -0.4 is 10.9 Å². The van der Waals surface area contributed by atoms with Crippen LogP contribution in [0.2, 0.25) is 0 Å². The van der Waals surface area contributed by atoms with Crippen molar-refractivity contribution in [3.05, 3.63) is 58.0 Å². The Labute approximate surface area is 144 Å². The van der Waals surface area contributed by atoms with Crippen LogP contribution in [0.25, 0.3) is 4.96 Å². The summed E-state index contributed by atoms with van der Waals surface area (Å²) in [7, 11) is 2.12. The molecular formula is C17H21N5OS. The fourth-order valence-electron chi connectivity index (χ4n) is 2.51. The zero-order valence-electron chi connectivity index (χ0n) is 13.9. The third-order valence-electron chi connectivity index (χ3n) is 3.66. The number of aromatic nitrogens is 3. The highest BCUT2D eigenvalue weighted by Crippen LogP contribution is 2.16. The minimum atomic E-state index is -0.135. The van der Waals surface area contributed by atoms with E-state index in [4.69, 9.17) is 0 Å². The summed E-state index contributed by atoms with van der Waals surface area (Å²) in [5.74, 6) is 0. The summed E-state index contributed by atoms with van der Waals surface area (Å²) in [5, 5.41) is 8.29. The molecule has 2 heterocycles.